The fourth-order valence-corrected chi connectivity index (χ4v) is 1.38. The predicted octanol–water partition coefficient (Wildman–Crippen LogP) is 2.49. The lowest BCUT2D eigenvalue weighted by molar-refractivity contribution is 0.472. The van der Waals surface area contributed by atoms with Crippen LogP contribution in [0.4, 0.5) is 0 Å². The van der Waals surface area contributed by atoms with Gasteiger partial charge in [0.15, 0.2) is 0 Å². The van der Waals surface area contributed by atoms with Crippen LogP contribution in [0.2, 0.25) is 0 Å². The van der Waals surface area contributed by atoms with Crippen LogP contribution in [0.1, 0.15) is 0 Å². The lowest BCUT2D eigenvalue weighted by atomic mass is 10.3. The van der Waals surface area contributed by atoms with Crippen LogP contribution in [0, 0.1) is 0 Å². The van der Waals surface area contributed by atoms with Crippen molar-refractivity contribution in [2.24, 2.45) is 0 Å². The van der Waals surface area contributed by atoms with Crippen molar-refractivity contribution in [2.75, 3.05) is 0 Å². The lowest BCUT2D eigenvalue weighted by Crippen LogP contribution is -1.82. The van der Waals surface area contributed by atoms with Gasteiger partial charge < -0.3 is 4.74 Å². The first kappa shape index (κ1) is 8.58. The fourth-order valence-electron chi connectivity index (χ4n) is 0.769. The van der Waals surface area contributed by atoms with E-state index in [1.54, 1.807) is 0 Å². The van der Waals surface area contributed by atoms with Crippen LogP contribution in [0.25, 0.3) is 0 Å². The summed E-state index contributed by atoms with van der Waals surface area (Å²) in [6.07, 6.45) is 0. The van der Waals surface area contributed by atoms with Gasteiger partial charge >= 0.3 is 5.19 Å². The third-order valence-corrected chi connectivity index (χ3v) is 2.31. The van der Waals surface area contributed by atoms with Crippen LogP contribution >= 0.6 is 27.5 Å². The second kappa shape index (κ2) is 3.80. The molecule has 0 N–H and O–H groups in total. The van der Waals surface area contributed by atoms with Crippen molar-refractivity contribution in [3.8, 4) is 10.9 Å². The zero-order chi connectivity index (χ0) is 9.10. The molecule has 1 aromatic heterocycles. The van der Waals surface area contributed by atoms with Crippen molar-refractivity contribution in [3.63, 3.8) is 0 Å². The average molecular weight is 258 g/mol. The number of rotatable bonds is 2. The van der Waals surface area contributed by atoms with Gasteiger partial charge in [-0.2, -0.15) is 0 Å². The number of hydrogen-bond acceptors (Lipinski definition) is 5. The highest BCUT2D eigenvalue weighted by Crippen LogP contribution is 2.22. The summed E-state index contributed by atoms with van der Waals surface area (Å²) >= 11 is 4.45. The van der Waals surface area contributed by atoms with E-state index in [9.17, 15) is 0 Å². The van der Waals surface area contributed by atoms with Crippen LogP contribution in [-0.2, 0) is 0 Å². The Hall–Kier alpha value is -1.01. The molecule has 2 rings (SSSR count). The van der Waals surface area contributed by atoms with E-state index in [-0.39, 0.29) is 0 Å². The summed E-state index contributed by atoms with van der Waals surface area (Å²) in [6.45, 7) is 0. The number of halogens is 1. The molecular weight excluding hydrogens is 254 g/mol. The van der Waals surface area contributed by atoms with Gasteiger partial charge in [-0.05, 0) is 29.5 Å². The van der Waals surface area contributed by atoms with Crippen molar-refractivity contribution in [1.29, 1.82) is 0 Å². The van der Waals surface area contributed by atoms with Gasteiger partial charge in [-0.15, -0.1) is 0 Å². The van der Waals surface area contributed by atoms with Crippen LogP contribution in [-0.4, -0.2) is 14.8 Å². The van der Waals surface area contributed by atoms with E-state index < -0.39 is 0 Å². The van der Waals surface area contributed by atoms with E-state index in [0.717, 1.165) is 21.8 Å². The van der Waals surface area contributed by atoms with Crippen LogP contribution < -0.4 is 4.74 Å². The van der Waals surface area contributed by atoms with E-state index in [0.29, 0.717) is 5.19 Å². The minimum absolute atomic E-state index is 0.447. The highest BCUT2D eigenvalue weighted by atomic mass is 79.9. The largest absolute Gasteiger partial charge is 0.429 e. The minimum Gasteiger partial charge on any atom is -0.429 e. The number of ether oxygens (including phenoxy) is 1. The zero-order valence-electron chi connectivity index (χ0n) is 6.35. The Kier molecular flexibility index (Phi) is 2.51. The van der Waals surface area contributed by atoms with Crippen LogP contribution in [0.15, 0.2) is 28.7 Å². The monoisotopic (exact) mass is 257 g/mol. The average Bonchev–Trinajstić information content (AvgIpc) is 2.62. The third kappa shape index (κ3) is 2.22. The maximum absolute atomic E-state index is 5.33. The molecule has 6 heteroatoms. The van der Waals surface area contributed by atoms with Crippen molar-refractivity contribution in [3.05, 3.63) is 28.7 Å². The number of nitrogens with zero attached hydrogens (tertiary/aromatic N) is 3. The molecule has 66 valence electrons. The number of aromatic nitrogens is 3. The van der Waals surface area contributed by atoms with Crippen LogP contribution in [0.5, 0.6) is 10.9 Å². The molecule has 0 fully saturated rings. The summed E-state index contributed by atoms with van der Waals surface area (Å²) < 4.78 is 9.93. The molecule has 2 aromatic rings. The van der Waals surface area contributed by atoms with Gasteiger partial charge in [-0.1, -0.05) is 25.5 Å². The van der Waals surface area contributed by atoms with Crippen LogP contribution in [0.3, 0.4) is 0 Å². The summed E-state index contributed by atoms with van der Waals surface area (Å²) in [4.78, 5) is 0. The lowest BCUT2D eigenvalue weighted by Gasteiger charge is -1.98. The molecule has 0 unspecified atom stereocenters. The smallest absolute Gasteiger partial charge is 0.319 e. The maximum Gasteiger partial charge on any atom is 0.319 e. The Bertz CT molecular complexity index is 375. The van der Waals surface area contributed by atoms with Crippen molar-refractivity contribution < 1.29 is 4.74 Å². The van der Waals surface area contributed by atoms with Gasteiger partial charge in [-0.3, -0.25) is 0 Å². The van der Waals surface area contributed by atoms with Crippen molar-refractivity contribution >= 4 is 27.5 Å². The topological polar surface area (TPSA) is 47.9 Å². The van der Waals surface area contributed by atoms with Gasteiger partial charge in [0, 0.05) is 16.0 Å². The SMILES string of the molecule is Brc1ccc(Oc2nnns2)cc1. The Morgan fingerprint density at radius 1 is 1.23 bits per heavy atom. The molecule has 13 heavy (non-hydrogen) atoms. The third-order valence-electron chi connectivity index (χ3n) is 1.30. The molecule has 0 amide bonds. The molecule has 0 radical (unpaired) electrons. The Morgan fingerprint density at radius 2 is 2.00 bits per heavy atom. The molecule has 0 aliphatic heterocycles. The van der Waals surface area contributed by atoms with Gasteiger partial charge in [-0.25, -0.2) is 0 Å². The van der Waals surface area contributed by atoms with Gasteiger partial charge in [0.25, 0.3) is 0 Å². The molecule has 1 heterocycles. The normalized spacial score (nSPS) is 9.92. The van der Waals surface area contributed by atoms with E-state index >= 15 is 0 Å². The molecule has 0 aliphatic rings. The second-order valence-corrected chi connectivity index (χ2v) is 3.80. The number of hydrogen-bond donors (Lipinski definition) is 0. The maximum atomic E-state index is 5.33. The molecule has 0 atom stereocenters. The first-order valence-electron chi connectivity index (χ1n) is 3.43. The van der Waals surface area contributed by atoms with Gasteiger partial charge in [0.05, 0.1) is 0 Å². The van der Waals surface area contributed by atoms with Crippen molar-refractivity contribution in [2.45, 2.75) is 0 Å². The summed E-state index contributed by atoms with van der Waals surface area (Å²) in [5.41, 5.74) is 0. The van der Waals surface area contributed by atoms with E-state index in [4.69, 9.17) is 4.74 Å². The Labute approximate surface area is 86.8 Å². The molecule has 0 aliphatic carbocycles. The molecule has 0 bridgehead atoms. The highest BCUT2D eigenvalue weighted by molar-refractivity contribution is 9.10. The Balaban J connectivity index is 2.15. The molecule has 1 aromatic carbocycles. The second-order valence-electron chi connectivity index (χ2n) is 2.18. The summed E-state index contributed by atoms with van der Waals surface area (Å²) in [7, 11) is 0. The quantitative estimate of drug-likeness (QED) is 0.830. The fraction of sp³-hybridized carbons (Fsp3) is 0. The summed E-state index contributed by atoms with van der Waals surface area (Å²) in [5.74, 6) is 0.724. The van der Waals surface area contributed by atoms with Gasteiger partial charge in [0.2, 0.25) is 0 Å². The molecular formula is C7H4BrN3OS. The molecule has 0 saturated heterocycles. The minimum atomic E-state index is 0.447. The summed E-state index contributed by atoms with van der Waals surface area (Å²) in [6, 6.07) is 7.46. The zero-order valence-corrected chi connectivity index (χ0v) is 8.75. The van der Waals surface area contributed by atoms with E-state index in [2.05, 4.69) is 30.7 Å². The first-order chi connectivity index (χ1) is 6.34. The molecule has 0 spiro atoms. The predicted molar refractivity (Wildman–Crippen MR) is 51.9 cm³/mol. The first-order valence-corrected chi connectivity index (χ1v) is 5.00. The van der Waals surface area contributed by atoms with E-state index in [1.165, 1.54) is 0 Å². The summed E-state index contributed by atoms with van der Waals surface area (Å²) in [5, 5.41) is 7.52. The van der Waals surface area contributed by atoms with Gasteiger partial charge in [0.1, 0.15) is 5.75 Å². The molecule has 0 saturated carbocycles. The molecule has 4 nitrogen and oxygen atoms in total. The Morgan fingerprint density at radius 3 is 2.62 bits per heavy atom. The van der Waals surface area contributed by atoms with Crippen molar-refractivity contribution in [1.82, 2.24) is 14.8 Å². The standard InChI is InChI=1S/C7H4BrN3OS/c8-5-1-3-6(4-2-5)12-7-9-10-11-13-7/h1-4H. The highest BCUT2D eigenvalue weighted by Gasteiger charge is 2.00. The van der Waals surface area contributed by atoms with E-state index in [1.807, 2.05) is 24.3 Å². The number of benzene rings is 1.